The van der Waals surface area contributed by atoms with Crippen LogP contribution in [0, 0.1) is 0 Å². The van der Waals surface area contributed by atoms with E-state index >= 15 is 0 Å². The molecule has 0 spiro atoms. The first kappa shape index (κ1) is 16.1. The standard InChI is InChI=1S/C17H29N3O/c1-3-9-15-16(18-12-4-2)19-13-20-17(15)21-14-10-7-5-6-8-11-14/h13-14H,3-12H2,1-2H3,(H,18,19,20). The third kappa shape index (κ3) is 4.87. The fourth-order valence-corrected chi connectivity index (χ4v) is 2.89. The third-order valence-electron chi connectivity index (χ3n) is 4.03. The molecular weight excluding hydrogens is 262 g/mol. The molecule has 0 unspecified atom stereocenters. The highest BCUT2D eigenvalue weighted by Crippen LogP contribution is 2.27. The molecule has 0 saturated heterocycles. The van der Waals surface area contributed by atoms with E-state index in [9.17, 15) is 0 Å². The van der Waals surface area contributed by atoms with Crippen molar-refractivity contribution in [1.29, 1.82) is 0 Å². The zero-order valence-corrected chi connectivity index (χ0v) is 13.5. The predicted molar refractivity (Wildman–Crippen MR) is 86.9 cm³/mol. The number of hydrogen-bond acceptors (Lipinski definition) is 4. The van der Waals surface area contributed by atoms with Crippen molar-refractivity contribution in [3.8, 4) is 5.88 Å². The quantitative estimate of drug-likeness (QED) is 0.759. The molecule has 0 bridgehead atoms. The lowest BCUT2D eigenvalue weighted by molar-refractivity contribution is 0.174. The maximum absolute atomic E-state index is 6.25. The minimum atomic E-state index is 0.331. The summed E-state index contributed by atoms with van der Waals surface area (Å²) in [6, 6.07) is 0. The van der Waals surface area contributed by atoms with E-state index in [1.165, 1.54) is 25.7 Å². The van der Waals surface area contributed by atoms with Gasteiger partial charge >= 0.3 is 0 Å². The first-order valence-electron chi connectivity index (χ1n) is 8.59. The molecule has 0 amide bonds. The summed E-state index contributed by atoms with van der Waals surface area (Å²) in [5, 5.41) is 3.41. The highest BCUT2D eigenvalue weighted by atomic mass is 16.5. The van der Waals surface area contributed by atoms with E-state index in [4.69, 9.17) is 4.74 Å². The Balaban J connectivity index is 2.12. The number of hydrogen-bond donors (Lipinski definition) is 1. The van der Waals surface area contributed by atoms with E-state index in [1.807, 2.05) is 0 Å². The molecule has 1 saturated carbocycles. The average molecular weight is 291 g/mol. The Bertz CT molecular complexity index is 414. The van der Waals surface area contributed by atoms with E-state index in [2.05, 4.69) is 29.1 Å². The second-order valence-electron chi connectivity index (χ2n) is 5.91. The van der Waals surface area contributed by atoms with E-state index in [0.29, 0.717) is 6.10 Å². The fourth-order valence-electron chi connectivity index (χ4n) is 2.89. The monoisotopic (exact) mass is 291 g/mol. The van der Waals surface area contributed by atoms with Crippen LogP contribution >= 0.6 is 0 Å². The smallest absolute Gasteiger partial charge is 0.222 e. The van der Waals surface area contributed by atoms with Crippen LogP contribution in [-0.2, 0) is 6.42 Å². The van der Waals surface area contributed by atoms with Crippen LogP contribution in [0.3, 0.4) is 0 Å². The second kappa shape index (κ2) is 8.85. The van der Waals surface area contributed by atoms with Crippen LogP contribution in [0.2, 0.25) is 0 Å². The number of rotatable bonds is 7. The summed E-state index contributed by atoms with van der Waals surface area (Å²) in [5.74, 6) is 1.76. The van der Waals surface area contributed by atoms with Gasteiger partial charge in [0.05, 0.1) is 5.56 Å². The van der Waals surface area contributed by atoms with Crippen LogP contribution in [0.4, 0.5) is 5.82 Å². The van der Waals surface area contributed by atoms with Gasteiger partial charge in [-0.3, -0.25) is 0 Å². The molecule has 1 N–H and O–H groups in total. The van der Waals surface area contributed by atoms with Gasteiger partial charge in [-0.25, -0.2) is 9.97 Å². The molecular formula is C17H29N3O. The molecule has 4 nitrogen and oxygen atoms in total. The van der Waals surface area contributed by atoms with E-state index < -0.39 is 0 Å². The van der Waals surface area contributed by atoms with Crippen molar-refractivity contribution in [2.45, 2.75) is 77.7 Å². The number of aromatic nitrogens is 2. The van der Waals surface area contributed by atoms with Gasteiger partial charge < -0.3 is 10.1 Å². The van der Waals surface area contributed by atoms with E-state index in [1.54, 1.807) is 6.33 Å². The first-order valence-corrected chi connectivity index (χ1v) is 8.59. The second-order valence-corrected chi connectivity index (χ2v) is 5.91. The maximum Gasteiger partial charge on any atom is 0.222 e. The zero-order chi connectivity index (χ0) is 14.9. The topological polar surface area (TPSA) is 47.0 Å². The van der Waals surface area contributed by atoms with Gasteiger partial charge in [-0.15, -0.1) is 0 Å². The van der Waals surface area contributed by atoms with Crippen LogP contribution in [-0.4, -0.2) is 22.6 Å². The summed E-state index contributed by atoms with van der Waals surface area (Å²) in [5.41, 5.74) is 1.15. The number of anilines is 1. The van der Waals surface area contributed by atoms with Crippen molar-refractivity contribution in [3.63, 3.8) is 0 Å². The molecule has 1 aromatic heterocycles. The lowest BCUT2D eigenvalue weighted by Crippen LogP contribution is -2.18. The molecule has 0 aromatic carbocycles. The van der Waals surface area contributed by atoms with Crippen LogP contribution in [0.5, 0.6) is 5.88 Å². The molecule has 2 rings (SSSR count). The van der Waals surface area contributed by atoms with Gasteiger partial charge in [0.25, 0.3) is 0 Å². The van der Waals surface area contributed by atoms with Crippen LogP contribution in [0.1, 0.15) is 70.8 Å². The third-order valence-corrected chi connectivity index (χ3v) is 4.03. The molecule has 21 heavy (non-hydrogen) atoms. The van der Waals surface area contributed by atoms with Crippen LogP contribution in [0.25, 0.3) is 0 Å². The van der Waals surface area contributed by atoms with Crippen LogP contribution in [0.15, 0.2) is 6.33 Å². The minimum absolute atomic E-state index is 0.331. The van der Waals surface area contributed by atoms with Gasteiger partial charge in [0.2, 0.25) is 5.88 Å². The summed E-state index contributed by atoms with van der Waals surface area (Å²) >= 11 is 0. The van der Waals surface area contributed by atoms with Gasteiger partial charge in [0.15, 0.2) is 0 Å². The molecule has 1 aromatic rings. The molecule has 0 aliphatic heterocycles. The van der Waals surface area contributed by atoms with Gasteiger partial charge in [0.1, 0.15) is 18.2 Å². The minimum Gasteiger partial charge on any atom is -0.474 e. The van der Waals surface area contributed by atoms with E-state index in [0.717, 1.165) is 55.9 Å². The summed E-state index contributed by atoms with van der Waals surface area (Å²) in [6.07, 6.45) is 12.7. The average Bonchev–Trinajstić information content (AvgIpc) is 2.76. The maximum atomic E-state index is 6.25. The molecule has 4 heteroatoms. The van der Waals surface area contributed by atoms with Crippen molar-refractivity contribution in [1.82, 2.24) is 9.97 Å². The highest BCUT2D eigenvalue weighted by Gasteiger charge is 2.18. The molecule has 1 aliphatic carbocycles. The molecule has 1 aliphatic rings. The summed E-state index contributed by atoms with van der Waals surface area (Å²) < 4.78 is 6.25. The lowest BCUT2D eigenvalue weighted by Gasteiger charge is -2.19. The SMILES string of the molecule is CCCNc1ncnc(OC2CCCCCC2)c1CCC. The molecule has 118 valence electrons. The van der Waals surface area contributed by atoms with Crippen molar-refractivity contribution >= 4 is 5.82 Å². The normalized spacial score (nSPS) is 16.5. The molecule has 0 atom stereocenters. The Morgan fingerprint density at radius 1 is 1.10 bits per heavy atom. The summed E-state index contributed by atoms with van der Waals surface area (Å²) in [7, 11) is 0. The Hall–Kier alpha value is -1.32. The fraction of sp³-hybridized carbons (Fsp3) is 0.765. The number of nitrogens with zero attached hydrogens (tertiary/aromatic N) is 2. The Morgan fingerprint density at radius 2 is 1.86 bits per heavy atom. The molecule has 0 radical (unpaired) electrons. The predicted octanol–water partition coefficient (Wildman–Crippen LogP) is 4.35. The zero-order valence-electron chi connectivity index (χ0n) is 13.5. The van der Waals surface area contributed by atoms with Crippen molar-refractivity contribution < 1.29 is 4.74 Å². The Kier molecular flexibility index (Phi) is 6.77. The number of nitrogens with one attached hydrogen (secondary N) is 1. The largest absolute Gasteiger partial charge is 0.474 e. The molecule has 1 heterocycles. The van der Waals surface area contributed by atoms with Gasteiger partial charge in [-0.1, -0.05) is 33.1 Å². The van der Waals surface area contributed by atoms with Crippen LogP contribution < -0.4 is 10.1 Å². The van der Waals surface area contributed by atoms with Gasteiger partial charge in [-0.05, 0) is 38.5 Å². The van der Waals surface area contributed by atoms with E-state index in [-0.39, 0.29) is 0 Å². The van der Waals surface area contributed by atoms with Gasteiger partial charge in [0, 0.05) is 6.54 Å². The molecule has 1 fully saturated rings. The summed E-state index contributed by atoms with van der Waals surface area (Å²) in [6.45, 7) is 5.29. The van der Waals surface area contributed by atoms with Gasteiger partial charge in [-0.2, -0.15) is 0 Å². The highest BCUT2D eigenvalue weighted by molar-refractivity contribution is 5.48. The van der Waals surface area contributed by atoms with Crippen molar-refractivity contribution in [2.24, 2.45) is 0 Å². The Labute approximate surface area is 128 Å². The van der Waals surface area contributed by atoms with Crippen molar-refractivity contribution in [3.05, 3.63) is 11.9 Å². The summed E-state index contributed by atoms with van der Waals surface area (Å²) in [4.78, 5) is 8.82. The number of ether oxygens (including phenoxy) is 1. The lowest BCUT2D eigenvalue weighted by atomic mass is 10.1. The Morgan fingerprint density at radius 3 is 2.52 bits per heavy atom. The first-order chi connectivity index (χ1) is 10.3. The van der Waals surface area contributed by atoms with Crippen molar-refractivity contribution in [2.75, 3.05) is 11.9 Å².